The van der Waals surface area contributed by atoms with Crippen LogP contribution >= 0.6 is 15.9 Å². The van der Waals surface area contributed by atoms with Crippen LogP contribution in [0.4, 0.5) is 4.79 Å². The lowest BCUT2D eigenvalue weighted by atomic mass is 9.89. The first kappa shape index (κ1) is 23.1. The fraction of sp³-hybridized carbons (Fsp3) is 0.667. The van der Waals surface area contributed by atoms with Crippen LogP contribution in [0.15, 0.2) is 10.6 Å². The molecule has 1 aliphatic rings. The average molecular weight is 447 g/mol. The van der Waals surface area contributed by atoms with Gasteiger partial charge in [-0.15, -0.1) is 0 Å². The van der Waals surface area contributed by atoms with Crippen molar-refractivity contribution in [2.75, 3.05) is 7.11 Å². The molecule has 0 fully saturated rings. The van der Waals surface area contributed by atoms with Crippen LogP contribution < -0.4 is 10.6 Å². The predicted molar refractivity (Wildman–Crippen MR) is 102 cm³/mol. The minimum absolute atomic E-state index is 0.0140. The fourth-order valence-corrected chi connectivity index (χ4v) is 3.08. The van der Waals surface area contributed by atoms with E-state index in [1.54, 1.807) is 26.8 Å². The molecule has 0 bridgehead atoms. The Morgan fingerprint density at radius 2 is 1.93 bits per heavy atom. The van der Waals surface area contributed by atoms with Crippen molar-refractivity contribution in [3.05, 3.63) is 10.6 Å². The first-order valence-corrected chi connectivity index (χ1v) is 9.50. The van der Waals surface area contributed by atoms with Gasteiger partial charge in [0.15, 0.2) is 5.78 Å². The van der Waals surface area contributed by atoms with E-state index < -0.39 is 35.7 Å². The molecule has 9 heteroatoms. The molecule has 0 heterocycles. The summed E-state index contributed by atoms with van der Waals surface area (Å²) in [5.74, 6) is -1.17. The Bertz CT molecular complexity index is 626. The monoisotopic (exact) mass is 446 g/mol. The Hall–Kier alpha value is -1.90. The van der Waals surface area contributed by atoms with Crippen molar-refractivity contribution in [3.63, 3.8) is 0 Å². The van der Waals surface area contributed by atoms with Gasteiger partial charge in [-0.05, 0) is 62.4 Å². The third-order valence-corrected chi connectivity index (χ3v) is 4.56. The smallest absolute Gasteiger partial charge is 0.408 e. The van der Waals surface area contributed by atoms with Crippen LogP contribution in [-0.2, 0) is 23.9 Å². The molecule has 1 rings (SSSR count). The third-order valence-electron chi connectivity index (χ3n) is 3.86. The Labute approximate surface area is 167 Å². The van der Waals surface area contributed by atoms with Crippen LogP contribution in [0, 0.1) is 5.92 Å². The summed E-state index contributed by atoms with van der Waals surface area (Å²) in [6.45, 7) is 6.63. The zero-order chi connectivity index (χ0) is 20.8. The van der Waals surface area contributed by atoms with E-state index >= 15 is 0 Å². The van der Waals surface area contributed by atoms with E-state index in [2.05, 4.69) is 26.6 Å². The van der Waals surface area contributed by atoms with E-state index in [0.717, 1.165) is 0 Å². The summed E-state index contributed by atoms with van der Waals surface area (Å²) >= 11 is 3.21. The van der Waals surface area contributed by atoms with E-state index in [0.29, 0.717) is 23.7 Å². The molecule has 0 saturated carbocycles. The van der Waals surface area contributed by atoms with Crippen molar-refractivity contribution in [3.8, 4) is 0 Å². The summed E-state index contributed by atoms with van der Waals surface area (Å²) < 4.78 is 10.4. The summed E-state index contributed by atoms with van der Waals surface area (Å²) in [7, 11) is 1.24. The number of carbonyl (C=O) groups excluding carboxylic acids is 4. The van der Waals surface area contributed by atoms with Crippen molar-refractivity contribution in [2.24, 2.45) is 5.92 Å². The molecule has 3 atom stereocenters. The summed E-state index contributed by atoms with van der Waals surface area (Å²) in [6.07, 6.45) is 2.27. The van der Waals surface area contributed by atoms with Crippen LogP contribution in [0.5, 0.6) is 0 Å². The second-order valence-electron chi connectivity index (χ2n) is 7.42. The number of halogens is 1. The molecule has 152 valence electrons. The first-order chi connectivity index (χ1) is 12.4. The highest BCUT2D eigenvalue weighted by molar-refractivity contribution is 9.12. The number of alkyl carbamates (subject to hydrolysis) is 1. The quantitative estimate of drug-likeness (QED) is 0.604. The van der Waals surface area contributed by atoms with Crippen molar-refractivity contribution in [2.45, 2.75) is 64.6 Å². The van der Waals surface area contributed by atoms with Crippen LogP contribution in [0.1, 0.15) is 47.0 Å². The van der Waals surface area contributed by atoms with Crippen molar-refractivity contribution >= 4 is 39.7 Å². The molecule has 0 unspecified atom stereocenters. The molecule has 1 aliphatic carbocycles. The number of hydrogen-bond donors (Lipinski definition) is 2. The SMILES string of the molecule is COC(=O)[C@H](C[C@H]1C=C(Br)C(=O)CC1)NC(=O)[C@H](C)NC(=O)OC(C)(C)C. The molecular formula is C18H27BrN2O6. The Morgan fingerprint density at radius 1 is 1.30 bits per heavy atom. The van der Waals surface area contributed by atoms with E-state index in [4.69, 9.17) is 9.47 Å². The van der Waals surface area contributed by atoms with Crippen molar-refractivity contribution in [1.29, 1.82) is 0 Å². The Kier molecular flexibility index (Phi) is 8.46. The van der Waals surface area contributed by atoms with E-state index in [-0.39, 0.29) is 11.7 Å². The van der Waals surface area contributed by atoms with Crippen molar-refractivity contribution < 1.29 is 28.7 Å². The summed E-state index contributed by atoms with van der Waals surface area (Å²) in [5.41, 5.74) is -0.688. The molecule has 0 spiro atoms. The lowest BCUT2D eigenvalue weighted by molar-refractivity contribution is -0.145. The molecular weight excluding hydrogens is 420 g/mol. The van der Waals surface area contributed by atoms with Gasteiger partial charge in [-0.25, -0.2) is 9.59 Å². The van der Waals surface area contributed by atoms with Gasteiger partial charge in [0.05, 0.1) is 11.6 Å². The molecule has 27 heavy (non-hydrogen) atoms. The largest absolute Gasteiger partial charge is 0.467 e. The second-order valence-corrected chi connectivity index (χ2v) is 8.28. The highest BCUT2D eigenvalue weighted by atomic mass is 79.9. The zero-order valence-corrected chi connectivity index (χ0v) is 17.8. The van der Waals surface area contributed by atoms with Gasteiger partial charge in [-0.2, -0.15) is 0 Å². The maximum Gasteiger partial charge on any atom is 0.408 e. The fourth-order valence-electron chi connectivity index (χ4n) is 2.51. The minimum atomic E-state index is -0.901. The third kappa shape index (κ3) is 8.11. The Morgan fingerprint density at radius 3 is 2.44 bits per heavy atom. The summed E-state index contributed by atoms with van der Waals surface area (Å²) in [6, 6.07) is -1.79. The van der Waals surface area contributed by atoms with Crippen LogP contribution in [0.3, 0.4) is 0 Å². The van der Waals surface area contributed by atoms with Gasteiger partial charge >= 0.3 is 12.1 Å². The van der Waals surface area contributed by atoms with E-state index in [1.807, 2.05) is 0 Å². The summed E-state index contributed by atoms with van der Waals surface area (Å²) in [4.78, 5) is 47.8. The maximum absolute atomic E-state index is 12.4. The minimum Gasteiger partial charge on any atom is -0.467 e. The number of Topliss-reactive ketones (excluding diaryl/α,β-unsaturated/α-hetero) is 1. The van der Waals surface area contributed by atoms with Crippen LogP contribution in [0.2, 0.25) is 0 Å². The molecule has 0 aromatic rings. The zero-order valence-electron chi connectivity index (χ0n) is 16.3. The lowest BCUT2D eigenvalue weighted by Gasteiger charge is -2.25. The number of ketones is 1. The number of esters is 1. The standard InChI is InChI=1S/C18H27BrN2O6/c1-10(20-17(25)27-18(2,3)4)15(23)21-13(16(24)26-5)9-11-6-7-14(22)12(19)8-11/h8,10-11,13H,6-7,9H2,1-5H3,(H,20,25)(H,21,23)/t10-,11+,13-/m0/s1. The molecule has 0 saturated heterocycles. The van der Waals surface area contributed by atoms with Crippen LogP contribution in [0.25, 0.3) is 0 Å². The van der Waals surface area contributed by atoms with Gasteiger partial charge in [-0.3, -0.25) is 9.59 Å². The molecule has 0 aromatic heterocycles. The number of hydrogen-bond acceptors (Lipinski definition) is 6. The van der Waals surface area contributed by atoms with Crippen molar-refractivity contribution in [1.82, 2.24) is 10.6 Å². The van der Waals surface area contributed by atoms with Gasteiger partial charge in [0.1, 0.15) is 17.7 Å². The lowest BCUT2D eigenvalue weighted by Crippen LogP contribution is -2.51. The second kappa shape index (κ2) is 9.87. The van der Waals surface area contributed by atoms with Crippen LogP contribution in [-0.4, -0.2) is 48.5 Å². The number of ether oxygens (including phenoxy) is 2. The van der Waals surface area contributed by atoms with Gasteiger partial charge in [-0.1, -0.05) is 6.08 Å². The molecule has 0 radical (unpaired) electrons. The highest BCUT2D eigenvalue weighted by Crippen LogP contribution is 2.27. The van der Waals surface area contributed by atoms with Gasteiger partial charge in [0.25, 0.3) is 0 Å². The van der Waals surface area contributed by atoms with E-state index in [1.165, 1.54) is 14.0 Å². The first-order valence-electron chi connectivity index (χ1n) is 8.71. The average Bonchev–Trinajstić information content (AvgIpc) is 2.54. The normalized spacial score (nSPS) is 19.4. The number of carbonyl (C=O) groups is 4. The number of amides is 2. The molecule has 2 amide bonds. The predicted octanol–water partition coefficient (Wildman–Crippen LogP) is 2.21. The molecule has 8 nitrogen and oxygen atoms in total. The number of methoxy groups -OCH3 is 1. The maximum atomic E-state index is 12.4. The van der Waals surface area contributed by atoms with Gasteiger partial charge in [0.2, 0.25) is 5.91 Å². The molecule has 2 N–H and O–H groups in total. The number of nitrogens with one attached hydrogen (secondary N) is 2. The topological polar surface area (TPSA) is 111 Å². The van der Waals surface area contributed by atoms with Gasteiger partial charge in [0, 0.05) is 6.42 Å². The number of allylic oxidation sites excluding steroid dienone is 2. The van der Waals surface area contributed by atoms with Gasteiger partial charge < -0.3 is 20.1 Å². The van der Waals surface area contributed by atoms with E-state index in [9.17, 15) is 19.2 Å². The molecule has 0 aliphatic heterocycles. The Balaban J connectivity index is 2.70. The molecule has 0 aromatic carbocycles. The highest BCUT2D eigenvalue weighted by Gasteiger charge is 2.30. The summed E-state index contributed by atoms with van der Waals surface area (Å²) in [5, 5.41) is 5.02. The number of rotatable bonds is 6.